The van der Waals surface area contributed by atoms with Crippen LogP contribution in [0, 0.1) is 0 Å². The number of benzene rings is 1. The van der Waals surface area contributed by atoms with E-state index in [2.05, 4.69) is 27.3 Å². The third-order valence-corrected chi connectivity index (χ3v) is 4.96. The lowest BCUT2D eigenvalue weighted by Gasteiger charge is -2.13. The highest BCUT2D eigenvalue weighted by molar-refractivity contribution is 6.32. The number of fused-ring (bicyclic) bond motifs is 1. The van der Waals surface area contributed by atoms with Crippen molar-refractivity contribution in [2.45, 2.75) is 59.1 Å². The number of rotatable bonds is 10. The minimum atomic E-state index is -0.878. The molecule has 0 saturated carbocycles. The Hall–Kier alpha value is -2.87. The minimum Gasteiger partial charge on any atom is -0.489 e. The van der Waals surface area contributed by atoms with Crippen molar-refractivity contribution < 1.29 is 14.6 Å². The zero-order valence-electron chi connectivity index (χ0n) is 18.3. The molecule has 166 valence electrons. The zero-order chi connectivity index (χ0) is 22.5. The number of anilines is 1. The molecule has 0 fully saturated rings. The van der Waals surface area contributed by atoms with E-state index in [1.54, 1.807) is 4.68 Å². The third kappa shape index (κ3) is 5.64. The Balaban J connectivity index is 1.91. The lowest BCUT2D eigenvalue weighted by atomic mass is 10.2. The second kappa shape index (κ2) is 9.96. The number of halogens is 1. The van der Waals surface area contributed by atoms with Crippen LogP contribution < -0.4 is 10.1 Å². The van der Waals surface area contributed by atoms with E-state index in [-0.39, 0.29) is 18.9 Å². The standard InChI is InChI=1S/C22H28ClN5O3/c1-5-6-16-20-21(28(4)27-16)22(26-18(25-20)9-10-19(29)30)24-12-14-7-8-17(15(23)11-14)31-13(2)3/h7-8,11,13H,5-6,9-10,12H2,1-4H3,(H,29,30)(H,24,25,26). The predicted molar refractivity (Wildman–Crippen MR) is 121 cm³/mol. The molecule has 0 atom stereocenters. The normalized spacial score (nSPS) is 11.3. The number of hydrogen-bond acceptors (Lipinski definition) is 6. The van der Waals surface area contributed by atoms with Gasteiger partial charge in [0.25, 0.3) is 0 Å². The molecule has 3 aromatic rings. The highest BCUT2D eigenvalue weighted by Crippen LogP contribution is 2.28. The van der Waals surface area contributed by atoms with Crippen LogP contribution in [-0.4, -0.2) is 36.9 Å². The molecular formula is C22H28ClN5O3. The molecule has 0 aliphatic rings. The summed E-state index contributed by atoms with van der Waals surface area (Å²) in [5, 5.41) is 17.6. The fourth-order valence-electron chi connectivity index (χ4n) is 3.34. The predicted octanol–water partition coefficient (Wildman–Crippen LogP) is 4.39. The first-order chi connectivity index (χ1) is 14.8. The van der Waals surface area contributed by atoms with Gasteiger partial charge in [-0.2, -0.15) is 5.10 Å². The first-order valence-corrected chi connectivity index (χ1v) is 10.8. The fraction of sp³-hybridized carbons (Fsp3) is 0.455. The Morgan fingerprint density at radius 1 is 1.29 bits per heavy atom. The maximum atomic E-state index is 11.0. The van der Waals surface area contributed by atoms with Gasteiger partial charge in [-0.3, -0.25) is 9.48 Å². The summed E-state index contributed by atoms with van der Waals surface area (Å²) < 4.78 is 7.47. The van der Waals surface area contributed by atoms with E-state index in [1.807, 2.05) is 39.1 Å². The van der Waals surface area contributed by atoms with Gasteiger partial charge in [0.15, 0.2) is 5.82 Å². The number of carboxylic acid groups (broad SMARTS) is 1. The van der Waals surface area contributed by atoms with Gasteiger partial charge in [0.05, 0.1) is 23.2 Å². The number of ether oxygens (including phenoxy) is 1. The van der Waals surface area contributed by atoms with E-state index in [9.17, 15) is 4.79 Å². The van der Waals surface area contributed by atoms with Crippen LogP contribution in [0.3, 0.4) is 0 Å². The van der Waals surface area contributed by atoms with Crippen molar-refractivity contribution in [3.05, 3.63) is 40.3 Å². The first kappa shape index (κ1) is 22.8. The summed E-state index contributed by atoms with van der Waals surface area (Å²) in [6.07, 6.45) is 2.00. The van der Waals surface area contributed by atoms with E-state index in [4.69, 9.17) is 21.4 Å². The summed E-state index contributed by atoms with van der Waals surface area (Å²) in [6.45, 7) is 6.48. The van der Waals surface area contributed by atoms with Gasteiger partial charge in [-0.15, -0.1) is 0 Å². The smallest absolute Gasteiger partial charge is 0.303 e. The van der Waals surface area contributed by atoms with Crippen LogP contribution in [0.5, 0.6) is 5.75 Å². The van der Waals surface area contributed by atoms with Crippen LogP contribution in [0.2, 0.25) is 5.02 Å². The Morgan fingerprint density at radius 2 is 2.06 bits per heavy atom. The van der Waals surface area contributed by atoms with Crippen LogP contribution in [0.4, 0.5) is 5.82 Å². The molecule has 9 heteroatoms. The van der Waals surface area contributed by atoms with Crippen molar-refractivity contribution in [2.24, 2.45) is 7.05 Å². The largest absolute Gasteiger partial charge is 0.489 e. The Morgan fingerprint density at radius 3 is 2.71 bits per heavy atom. The summed E-state index contributed by atoms with van der Waals surface area (Å²) in [4.78, 5) is 20.2. The summed E-state index contributed by atoms with van der Waals surface area (Å²) in [5.74, 6) is 0.885. The lowest BCUT2D eigenvalue weighted by molar-refractivity contribution is -0.137. The van der Waals surface area contributed by atoms with Crippen LogP contribution >= 0.6 is 11.6 Å². The maximum absolute atomic E-state index is 11.0. The Labute approximate surface area is 186 Å². The fourth-order valence-corrected chi connectivity index (χ4v) is 3.58. The second-order valence-electron chi connectivity index (χ2n) is 7.68. The van der Waals surface area contributed by atoms with E-state index >= 15 is 0 Å². The average Bonchev–Trinajstić information content (AvgIpc) is 3.02. The molecule has 0 aliphatic carbocycles. The van der Waals surface area contributed by atoms with E-state index in [1.165, 1.54) is 0 Å². The third-order valence-electron chi connectivity index (χ3n) is 4.67. The van der Waals surface area contributed by atoms with Crippen molar-refractivity contribution in [2.75, 3.05) is 5.32 Å². The molecule has 31 heavy (non-hydrogen) atoms. The second-order valence-corrected chi connectivity index (χ2v) is 8.09. The molecule has 0 spiro atoms. The van der Waals surface area contributed by atoms with Gasteiger partial charge in [0.1, 0.15) is 22.6 Å². The highest BCUT2D eigenvalue weighted by atomic mass is 35.5. The number of hydrogen-bond donors (Lipinski definition) is 2. The van der Waals surface area contributed by atoms with Crippen molar-refractivity contribution in [3.63, 3.8) is 0 Å². The maximum Gasteiger partial charge on any atom is 0.303 e. The Bertz CT molecular complexity index is 1080. The van der Waals surface area contributed by atoms with Crippen LogP contribution in [0.1, 0.15) is 50.7 Å². The first-order valence-electron chi connectivity index (χ1n) is 10.4. The van der Waals surface area contributed by atoms with Crippen molar-refractivity contribution in [1.29, 1.82) is 0 Å². The molecule has 8 nitrogen and oxygen atoms in total. The number of carbonyl (C=O) groups is 1. The SMILES string of the molecule is CCCc1nn(C)c2c(NCc3ccc(OC(C)C)c(Cl)c3)nc(CCC(=O)O)nc12. The summed E-state index contributed by atoms with van der Waals surface area (Å²) >= 11 is 6.36. The van der Waals surface area contributed by atoms with Gasteiger partial charge >= 0.3 is 5.97 Å². The molecular weight excluding hydrogens is 418 g/mol. The number of aromatic nitrogens is 4. The molecule has 0 bridgehead atoms. The summed E-state index contributed by atoms with van der Waals surface area (Å²) in [7, 11) is 1.86. The monoisotopic (exact) mass is 445 g/mol. The summed E-state index contributed by atoms with van der Waals surface area (Å²) in [5.41, 5.74) is 3.42. The number of nitrogens with one attached hydrogen (secondary N) is 1. The Kier molecular flexibility index (Phi) is 7.33. The molecule has 2 N–H and O–H groups in total. The number of nitrogens with zero attached hydrogens (tertiary/aromatic N) is 4. The average molecular weight is 446 g/mol. The van der Waals surface area contributed by atoms with Crippen molar-refractivity contribution in [1.82, 2.24) is 19.7 Å². The highest BCUT2D eigenvalue weighted by Gasteiger charge is 2.17. The number of carboxylic acids is 1. The molecule has 3 rings (SSSR count). The van der Waals surface area contributed by atoms with Gasteiger partial charge in [0.2, 0.25) is 0 Å². The molecule has 0 radical (unpaired) electrons. The van der Waals surface area contributed by atoms with Gasteiger partial charge in [-0.25, -0.2) is 9.97 Å². The van der Waals surface area contributed by atoms with Gasteiger partial charge in [-0.1, -0.05) is 31.0 Å². The van der Waals surface area contributed by atoms with Crippen LogP contribution in [0.25, 0.3) is 11.0 Å². The van der Waals surface area contributed by atoms with E-state index < -0.39 is 5.97 Å². The zero-order valence-corrected chi connectivity index (χ0v) is 19.0. The van der Waals surface area contributed by atoms with Gasteiger partial charge < -0.3 is 15.2 Å². The minimum absolute atomic E-state index is 0.0265. The topological polar surface area (TPSA) is 102 Å². The summed E-state index contributed by atoms with van der Waals surface area (Å²) in [6, 6.07) is 5.67. The number of aliphatic carboxylic acids is 1. The van der Waals surface area contributed by atoms with E-state index in [0.717, 1.165) is 35.1 Å². The molecule has 2 aromatic heterocycles. The van der Waals surface area contributed by atoms with E-state index in [0.29, 0.717) is 29.0 Å². The lowest BCUT2D eigenvalue weighted by Crippen LogP contribution is -2.09. The van der Waals surface area contributed by atoms with Crippen molar-refractivity contribution >= 4 is 34.4 Å². The molecule has 0 unspecified atom stereocenters. The molecule has 0 aliphatic heterocycles. The molecule has 2 heterocycles. The van der Waals surface area contributed by atoms with Gasteiger partial charge in [-0.05, 0) is 38.0 Å². The molecule has 1 aromatic carbocycles. The van der Waals surface area contributed by atoms with Crippen LogP contribution in [-0.2, 0) is 31.2 Å². The van der Waals surface area contributed by atoms with Gasteiger partial charge in [0, 0.05) is 20.0 Å². The quantitative estimate of drug-likeness (QED) is 0.477. The van der Waals surface area contributed by atoms with Crippen LogP contribution in [0.15, 0.2) is 18.2 Å². The number of aryl methyl sites for hydroxylation is 3. The van der Waals surface area contributed by atoms with Crippen molar-refractivity contribution in [3.8, 4) is 5.75 Å². The molecule has 0 amide bonds. The molecule has 0 saturated heterocycles.